The topological polar surface area (TPSA) is 64.4 Å². The Morgan fingerprint density at radius 1 is 1.40 bits per heavy atom. The summed E-state index contributed by atoms with van der Waals surface area (Å²) in [5, 5.41) is 2.88. The van der Waals surface area contributed by atoms with Crippen molar-refractivity contribution in [2.45, 2.75) is 57.6 Å². The Hall–Kier alpha value is -1.55. The number of amides is 1. The first-order chi connectivity index (χ1) is 9.70. The Morgan fingerprint density at radius 2 is 2.10 bits per heavy atom. The van der Waals surface area contributed by atoms with E-state index in [1.54, 1.807) is 0 Å². The molecule has 1 aromatic carbocycles. The molecule has 2 rings (SSSR count). The van der Waals surface area contributed by atoms with E-state index in [0.29, 0.717) is 6.42 Å². The molecule has 1 saturated carbocycles. The van der Waals surface area contributed by atoms with Crippen molar-refractivity contribution in [3.8, 4) is 5.75 Å². The molecular weight excluding hydrogens is 252 g/mol. The second-order valence-corrected chi connectivity index (χ2v) is 5.40. The molecule has 3 N–H and O–H groups in total. The van der Waals surface area contributed by atoms with Gasteiger partial charge in [0.25, 0.3) is 0 Å². The largest absolute Gasteiger partial charge is 0.488 e. The maximum Gasteiger partial charge on any atom is 0.241 e. The van der Waals surface area contributed by atoms with E-state index in [1.807, 2.05) is 31.2 Å². The van der Waals surface area contributed by atoms with Gasteiger partial charge in [0.15, 0.2) is 0 Å². The maximum atomic E-state index is 12.0. The zero-order valence-corrected chi connectivity index (χ0v) is 12.1. The maximum absolute atomic E-state index is 12.0. The highest BCUT2D eigenvalue weighted by atomic mass is 16.5. The van der Waals surface area contributed by atoms with E-state index in [2.05, 4.69) is 5.32 Å². The molecule has 1 atom stereocenters. The molecule has 20 heavy (non-hydrogen) atoms. The van der Waals surface area contributed by atoms with E-state index < -0.39 is 6.04 Å². The molecule has 0 spiro atoms. The second-order valence-electron chi connectivity index (χ2n) is 5.40. The lowest BCUT2D eigenvalue weighted by molar-refractivity contribution is -0.117. The highest BCUT2D eigenvalue weighted by Gasteiger charge is 2.19. The zero-order valence-electron chi connectivity index (χ0n) is 12.1. The Bertz CT molecular complexity index is 442. The summed E-state index contributed by atoms with van der Waals surface area (Å²) in [4.78, 5) is 12.0. The van der Waals surface area contributed by atoms with Crippen molar-refractivity contribution in [2.75, 3.05) is 5.32 Å². The number of nitrogens with one attached hydrogen (secondary N) is 1. The van der Waals surface area contributed by atoms with Gasteiger partial charge in [-0.15, -0.1) is 0 Å². The van der Waals surface area contributed by atoms with Crippen molar-refractivity contribution < 1.29 is 9.53 Å². The SMILES string of the molecule is CCCC(N)C(=O)Nc1ccccc1OC1CCCC1. The van der Waals surface area contributed by atoms with Gasteiger partial charge in [0.1, 0.15) is 5.75 Å². The molecule has 0 radical (unpaired) electrons. The molecule has 0 aliphatic heterocycles. The van der Waals surface area contributed by atoms with Crippen LogP contribution in [0.25, 0.3) is 0 Å². The molecule has 1 amide bonds. The molecule has 1 aliphatic carbocycles. The van der Waals surface area contributed by atoms with E-state index in [9.17, 15) is 4.79 Å². The quantitative estimate of drug-likeness (QED) is 0.839. The second kappa shape index (κ2) is 7.29. The van der Waals surface area contributed by atoms with Crippen LogP contribution in [0.15, 0.2) is 24.3 Å². The number of para-hydroxylation sites is 2. The van der Waals surface area contributed by atoms with Gasteiger partial charge in [-0.3, -0.25) is 4.79 Å². The van der Waals surface area contributed by atoms with Crippen molar-refractivity contribution in [1.82, 2.24) is 0 Å². The lowest BCUT2D eigenvalue weighted by Gasteiger charge is -2.18. The summed E-state index contributed by atoms with van der Waals surface area (Å²) in [7, 11) is 0. The fraction of sp³-hybridized carbons (Fsp3) is 0.562. The predicted octanol–water partition coefficient (Wildman–Crippen LogP) is 3.07. The number of nitrogens with two attached hydrogens (primary N) is 1. The van der Waals surface area contributed by atoms with Gasteiger partial charge in [0.2, 0.25) is 5.91 Å². The summed E-state index contributed by atoms with van der Waals surface area (Å²) >= 11 is 0. The summed E-state index contributed by atoms with van der Waals surface area (Å²) in [6.45, 7) is 2.02. The Balaban J connectivity index is 2.01. The number of carbonyl (C=O) groups excluding carboxylic acids is 1. The number of anilines is 1. The van der Waals surface area contributed by atoms with Crippen molar-refractivity contribution in [3.63, 3.8) is 0 Å². The van der Waals surface area contributed by atoms with Crippen molar-refractivity contribution in [3.05, 3.63) is 24.3 Å². The van der Waals surface area contributed by atoms with Crippen LogP contribution < -0.4 is 15.8 Å². The smallest absolute Gasteiger partial charge is 0.241 e. The van der Waals surface area contributed by atoms with Crippen molar-refractivity contribution >= 4 is 11.6 Å². The number of hydrogen-bond donors (Lipinski definition) is 2. The fourth-order valence-corrected chi connectivity index (χ4v) is 2.53. The summed E-state index contributed by atoms with van der Waals surface area (Å²) in [6, 6.07) is 7.12. The Labute approximate surface area is 120 Å². The molecule has 4 heteroatoms. The van der Waals surface area contributed by atoms with Gasteiger partial charge in [-0.2, -0.15) is 0 Å². The standard InChI is InChI=1S/C16H24N2O2/c1-2-7-13(17)16(19)18-14-10-5-6-11-15(14)20-12-8-3-4-9-12/h5-6,10-13H,2-4,7-9,17H2,1H3,(H,18,19). The van der Waals surface area contributed by atoms with E-state index >= 15 is 0 Å². The molecule has 1 unspecified atom stereocenters. The molecule has 1 fully saturated rings. The van der Waals surface area contributed by atoms with Gasteiger partial charge in [-0.25, -0.2) is 0 Å². The minimum absolute atomic E-state index is 0.144. The van der Waals surface area contributed by atoms with E-state index in [0.717, 1.165) is 30.7 Å². The third kappa shape index (κ3) is 3.97. The lowest BCUT2D eigenvalue weighted by Crippen LogP contribution is -2.35. The molecule has 1 aliphatic rings. The Morgan fingerprint density at radius 3 is 2.80 bits per heavy atom. The molecule has 0 aromatic heterocycles. The molecule has 0 bridgehead atoms. The van der Waals surface area contributed by atoms with Crippen LogP contribution in [0.1, 0.15) is 45.4 Å². The molecule has 4 nitrogen and oxygen atoms in total. The van der Waals surface area contributed by atoms with Crippen molar-refractivity contribution in [1.29, 1.82) is 0 Å². The van der Waals surface area contributed by atoms with Crippen molar-refractivity contribution in [2.24, 2.45) is 5.73 Å². The van der Waals surface area contributed by atoms with Crippen LogP contribution in [0.5, 0.6) is 5.75 Å². The van der Waals surface area contributed by atoms with Gasteiger partial charge < -0.3 is 15.8 Å². The van der Waals surface area contributed by atoms with Gasteiger partial charge in [-0.05, 0) is 44.2 Å². The number of benzene rings is 1. The van der Waals surface area contributed by atoms with Crippen LogP contribution in [-0.2, 0) is 4.79 Å². The van der Waals surface area contributed by atoms with Gasteiger partial charge in [-0.1, -0.05) is 25.5 Å². The first-order valence-electron chi connectivity index (χ1n) is 7.53. The average molecular weight is 276 g/mol. The van der Waals surface area contributed by atoms with Crippen LogP contribution in [0.4, 0.5) is 5.69 Å². The molecule has 0 heterocycles. The number of carbonyl (C=O) groups is 1. The minimum Gasteiger partial charge on any atom is -0.488 e. The summed E-state index contributed by atoms with van der Waals surface area (Å²) in [5.74, 6) is 0.603. The summed E-state index contributed by atoms with van der Waals surface area (Å²) in [5.41, 5.74) is 6.55. The van der Waals surface area contributed by atoms with E-state index in [4.69, 9.17) is 10.5 Å². The average Bonchev–Trinajstić information content (AvgIpc) is 2.94. The molecule has 1 aromatic rings. The first-order valence-corrected chi connectivity index (χ1v) is 7.53. The van der Waals surface area contributed by atoms with E-state index in [1.165, 1.54) is 12.8 Å². The van der Waals surface area contributed by atoms with Crippen LogP contribution in [0, 0.1) is 0 Å². The third-order valence-corrected chi connectivity index (χ3v) is 3.68. The van der Waals surface area contributed by atoms with Crippen LogP contribution >= 0.6 is 0 Å². The number of rotatable bonds is 6. The van der Waals surface area contributed by atoms with Crippen LogP contribution in [-0.4, -0.2) is 18.1 Å². The molecular formula is C16H24N2O2. The monoisotopic (exact) mass is 276 g/mol. The highest BCUT2D eigenvalue weighted by Crippen LogP contribution is 2.29. The first kappa shape index (κ1) is 14.9. The van der Waals surface area contributed by atoms with Gasteiger partial charge in [0.05, 0.1) is 17.8 Å². The van der Waals surface area contributed by atoms with Gasteiger partial charge >= 0.3 is 0 Å². The lowest BCUT2D eigenvalue weighted by atomic mass is 10.1. The predicted molar refractivity (Wildman–Crippen MR) is 80.8 cm³/mol. The third-order valence-electron chi connectivity index (χ3n) is 3.68. The molecule has 110 valence electrons. The molecule has 0 saturated heterocycles. The van der Waals surface area contributed by atoms with Gasteiger partial charge in [0, 0.05) is 0 Å². The normalized spacial score (nSPS) is 16.9. The zero-order chi connectivity index (χ0) is 14.4. The van der Waals surface area contributed by atoms with E-state index in [-0.39, 0.29) is 12.0 Å². The van der Waals surface area contributed by atoms with Crippen LogP contribution in [0.3, 0.4) is 0 Å². The highest BCUT2D eigenvalue weighted by molar-refractivity contribution is 5.95. The fourth-order valence-electron chi connectivity index (χ4n) is 2.53. The summed E-state index contributed by atoms with van der Waals surface area (Å²) in [6.07, 6.45) is 6.50. The van der Waals surface area contributed by atoms with Crippen LogP contribution in [0.2, 0.25) is 0 Å². The number of hydrogen-bond acceptors (Lipinski definition) is 3. The number of ether oxygens (including phenoxy) is 1. The summed E-state index contributed by atoms with van der Waals surface area (Å²) < 4.78 is 5.99. The minimum atomic E-state index is -0.459. The Kier molecular flexibility index (Phi) is 5.41.